The minimum Gasteiger partial charge on any atom is -0.467 e. The third kappa shape index (κ3) is 4.01. The van der Waals surface area contributed by atoms with Gasteiger partial charge in [0.15, 0.2) is 0 Å². The first-order valence-corrected chi connectivity index (χ1v) is 10.8. The number of hydrogen-bond acceptors (Lipinski definition) is 5. The average molecular weight is 397 g/mol. The molecule has 4 nitrogen and oxygen atoms in total. The molecule has 0 radical (unpaired) electrons. The lowest BCUT2D eigenvalue weighted by Crippen LogP contribution is -2.28. The van der Waals surface area contributed by atoms with Crippen molar-refractivity contribution in [2.24, 2.45) is 5.10 Å². The molecule has 0 fully saturated rings. The molecule has 1 atom stereocenters. The molecule has 6 heteroatoms. The second-order valence-electron chi connectivity index (χ2n) is 6.42. The second kappa shape index (κ2) is 8.15. The van der Waals surface area contributed by atoms with Gasteiger partial charge in [-0.3, -0.25) is 4.79 Å². The molecule has 3 aromatic rings. The summed E-state index contributed by atoms with van der Waals surface area (Å²) in [6.07, 6.45) is 2.33. The van der Waals surface area contributed by atoms with Gasteiger partial charge in [0, 0.05) is 12.2 Å². The van der Waals surface area contributed by atoms with Gasteiger partial charge < -0.3 is 4.42 Å². The van der Waals surface area contributed by atoms with Gasteiger partial charge in [0.05, 0.1) is 22.6 Å². The van der Waals surface area contributed by atoms with Gasteiger partial charge in [0.25, 0.3) is 5.91 Å². The van der Waals surface area contributed by atoms with Gasteiger partial charge in [-0.15, -0.1) is 23.1 Å². The second-order valence-corrected chi connectivity index (χ2v) is 8.35. The predicted molar refractivity (Wildman–Crippen MR) is 111 cm³/mol. The van der Waals surface area contributed by atoms with Crippen LogP contribution in [0.5, 0.6) is 0 Å². The first-order chi connectivity index (χ1) is 13.2. The number of hydrazone groups is 1. The predicted octanol–water partition coefficient (Wildman–Crippen LogP) is 5.26. The topological polar surface area (TPSA) is 45.8 Å². The minimum atomic E-state index is -0.163. The molecule has 0 N–H and O–H groups in total. The molecule has 1 aliphatic rings. The van der Waals surface area contributed by atoms with Crippen molar-refractivity contribution in [3.05, 3.63) is 81.9 Å². The monoisotopic (exact) mass is 396 g/mol. The zero-order valence-electron chi connectivity index (χ0n) is 15.0. The van der Waals surface area contributed by atoms with Crippen LogP contribution in [0.4, 0.5) is 0 Å². The van der Waals surface area contributed by atoms with Crippen molar-refractivity contribution in [2.75, 3.05) is 5.75 Å². The molecule has 4 rings (SSSR count). The van der Waals surface area contributed by atoms with E-state index in [4.69, 9.17) is 4.42 Å². The van der Waals surface area contributed by atoms with Gasteiger partial charge in [-0.25, -0.2) is 5.01 Å². The van der Waals surface area contributed by atoms with Crippen molar-refractivity contribution in [1.29, 1.82) is 0 Å². The number of benzene rings is 1. The highest BCUT2D eigenvalue weighted by Gasteiger charge is 2.34. The first kappa shape index (κ1) is 18.1. The number of carbonyl (C=O) groups excluding carboxylic acids is 1. The van der Waals surface area contributed by atoms with Crippen LogP contribution in [-0.2, 0) is 10.5 Å². The minimum absolute atomic E-state index is 0.0153. The molecule has 1 aromatic carbocycles. The normalized spacial score (nSPS) is 16.6. The van der Waals surface area contributed by atoms with E-state index in [9.17, 15) is 4.79 Å². The SMILES string of the molecule is Cc1ccccc1CSCC(=O)N1N=C(c2cccs2)CC1c1ccco1. The quantitative estimate of drug-likeness (QED) is 0.571. The Morgan fingerprint density at radius 1 is 1.26 bits per heavy atom. The van der Waals surface area contributed by atoms with Crippen molar-refractivity contribution >= 4 is 34.7 Å². The largest absolute Gasteiger partial charge is 0.467 e. The zero-order valence-corrected chi connectivity index (χ0v) is 16.6. The van der Waals surface area contributed by atoms with Gasteiger partial charge in [0.2, 0.25) is 0 Å². The molecular formula is C21H20N2O2S2. The van der Waals surface area contributed by atoms with E-state index in [2.05, 4.69) is 24.2 Å². The smallest absolute Gasteiger partial charge is 0.253 e. The van der Waals surface area contributed by atoms with Crippen LogP contribution in [0.15, 0.2) is 69.7 Å². The lowest BCUT2D eigenvalue weighted by molar-refractivity contribution is -0.130. The Bertz CT molecular complexity index is 933. The fourth-order valence-corrected chi connectivity index (χ4v) is 4.79. The summed E-state index contributed by atoms with van der Waals surface area (Å²) in [4.78, 5) is 14.0. The van der Waals surface area contributed by atoms with E-state index >= 15 is 0 Å². The number of carbonyl (C=O) groups is 1. The van der Waals surface area contributed by atoms with E-state index in [1.165, 1.54) is 11.1 Å². The third-order valence-corrected chi connectivity index (χ3v) is 6.47. The van der Waals surface area contributed by atoms with Crippen molar-refractivity contribution in [2.45, 2.75) is 25.1 Å². The Balaban J connectivity index is 1.46. The fraction of sp³-hybridized carbons (Fsp3) is 0.238. The number of thioether (sulfide) groups is 1. The van der Waals surface area contributed by atoms with Crippen molar-refractivity contribution in [3.8, 4) is 0 Å². The molecule has 2 aromatic heterocycles. The maximum absolute atomic E-state index is 12.9. The summed E-state index contributed by atoms with van der Waals surface area (Å²) in [6, 6.07) is 15.9. The van der Waals surface area contributed by atoms with Gasteiger partial charge in [0.1, 0.15) is 11.8 Å². The van der Waals surface area contributed by atoms with Gasteiger partial charge >= 0.3 is 0 Å². The van der Waals surface area contributed by atoms with E-state index in [-0.39, 0.29) is 11.9 Å². The number of aryl methyl sites for hydroxylation is 1. The standard InChI is InChI=1S/C21H20N2O2S2/c1-15-6-2-3-7-16(15)13-26-14-21(24)23-18(19-8-4-10-25-19)12-17(22-23)20-9-5-11-27-20/h2-11,18H,12-14H2,1H3. The summed E-state index contributed by atoms with van der Waals surface area (Å²) < 4.78 is 5.58. The Hall–Kier alpha value is -2.31. The summed E-state index contributed by atoms with van der Waals surface area (Å²) in [7, 11) is 0. The van der Waals surface area contributed by atoms with E-state index in [0.29, 0.717) is 12.2 Å². The van der Waals surface area contributed by atoms with Crippen molar-refractivity contribution in [3.63, 3.8) is 0 Å². The summed E-state index contributed by atoms with van der Waals surface area (Å²) in [6.45, 7) is 2.10. The number of rotatable bonds is 6. The van der Waals surface area contributed by atoms with Crippen LogP contribution >= 0.6 is 23.1 Å². The number of thiophene rings is 1. The molecule has 1 amide bonds. The van der Waals surface area contributed by atoms with E-state index in [1.807, 2.05) is 41.8 Å². The number of amides is 1. The van der Waals surface area contributed by atoms with Gasteiger partial charge in [-0.2, -0.15) is 5.10 Å². The van der Waals surface area contributed by atoms with Crippen LogP contribution in [0, 0.1) is 6.92 Å². The Morgan fingerprint density at radius 3 is 2.89 bits per heavy atom. The summed E-state index contributed by atoms with van der Waals surface area (Å²) in [5.74, 6) is 2.01. The van der Waals surface area contributed by atoms with E-state index in [1.54, 1.807) is 34.4 Å². The highest BCUT2D eigenvalue weighted by molar-refractivity contribution is 7.99. The molecule has 0 saturated heterocycles. The van der Waals surface area contributed by atoms with Gasteiger partial charge in [-0.1, -0.05) is 30.3 Å². The van der Waals surface area contributed by atoms with Crippen LogP contribution < -0.4 is 0 Å². The van der Waals surface area contributed by atoms with Crippen LogP contribution in [0.2, 0.25) is 0 Å². The van der Waals surface area contributed by atoms with E-state index < -0.39 is 0 Å². The summed E-state index contributed by atoms with van der Waals surface area (Å²) in [5, 5.41) is 8.29. The maximum Gasteiger partial charge on any atom is 0.253 e. The molecule has 138 valence electrons. The molecule has 0 saturated carbocycles. The van der Waals surface area contributed by atoms with Crippen LogP contribution in [0.25, 0.3) is 0 Å². The lowest BCUT2D eigenvalue weighted by atomic mass is 10.1. The van der Waals surface area contributed by atoms with Crippen molar-refractivity contribution < 1.29 is 9.21 Å². The molecule has 0 spiro atoms. The molecule has 1 unspecified atom stereocenters. The summed E-state index contributed by atoms with van der Waals surface area (Å²) in [5.41, 5.74) is 3.47. The Morgan fingerprint density at radius 2 is 2.15 bits per heavy atom. The number of nitrogens with zero attached hydrogens (tertiary/aromatic N) is 2. The fourth-order valence-electron chi connectivity index (χ4n) is 3.12. The molecular weight excluding hydrogens is 376 g/mol. The van der Waals surface area contributed by atoms with Gasteiger partial charge in [-0.05, 0) is 41.6 Å². The zero-order chi connectivity index (χ0) is 18.6. The molecule has 0 bridgehead atoms. The van der Waals surface area contributed by atoms with Crippen LogP contribution in [0.3, 0.4) is 0 Å². The van der Waals surface area contributed by atoms with Crippen LogP contribution in [-0.4, -0.2) is 22.4 Å². The molecule has 0 aliphatic carbocycles. The van der Waals surface area contributed by atoms with Crippen LogP contribution in [0.1, 0.15) is 34.2 Å². The number of hydrogen-bond donors (Lipinski definition) is 0. The summed E-state index contributed by atoms with van der Waals surface area (Å²) >= 11 is 3.27. The van der Waals surface area contributed by atoms with E-state index in [0.717, 1.165) is 22.1 Å². The first-order valence-electron chi connectivity index (χ1n) is 8.81. The maximum atomic E-state index is 12.9. The number of furan rings is 1. The molecule has 27 heavy (non-hydrogen) atoms. The lowest BCUT2D eigenvalue weighted by Gasteiger charge is -2.19. The average Bonchev–Trinajstić information content (AvgIpc) is 3.42. The Kier molecular flexibility index (Phi) is 5.45. The molecule has 3 heterocycles. The highest BCUT2D eigenvalue weighted by atomic mass is 32.2. The highest BCUT2D eigenvalue weighted by Crippen LogP contribution is 2.34. The third-order valence-electron chi connectivity index (χ3n) is 4.59. The molecule has 1 aliphatic heterocycles. The Labute approximate surface area is 166 Å². The van der Waals surface area contributed by atoms with Crippen molar-refractivity contribution in [1.82, 2.24) is 5.01 Å².